The number of methoxy groups -OCH3 is 2. The molecule has 34 heavy (non-hydrogen) atoms. The Balaban J connectivity index is 1.53. The van der Waals surface area contributed by atoms with Crippen LogP contribution in [0.25, 0.3) is 11.3 Å². The first kappa shape index (κ1) is 21.6. The van der Waals surface area contributed by atoms with E-state index in [-0.39, 0.29) is 17.7 Å². The van der Waals surface area contributed by atoms with Crippen molar-refractivity contribution in [2.75, 3.05) is 20.8 Å². The number of hydrogen-bond acceptors (Lipinski definition) is 5. The second-order valence-corrected chi connectivity index (χ2v) is 8.13. The summed E-state index contributed by atoms with van der Waals surface area (Å²) >= 11 is 0. The minimum Gasteiger partial charge on any atom is -0.507 e. The summed E-state index contributed by atoms with van der Waals surface area (Å²) in [6, 6.07) is 22.4. The van der Waals surface area contributed by atoms with Crippen LogP contribution in [-0.4, -0.2) is 46.9 Å². The number of phenolic OH excluding ortho intramolecular Hbond substituents is 1. The van der Waals surface area contributed by atoms with Gasteiger partial charge in [0.2, 0.25) is 0 Å². The molecule has 1 atom stereocenters. The van der Waals surface area contributed by atoms with E-state index in [9.17, 15) is 9.90 Å². The van der Waals surface area contributed by atoms with Crippen molar-refractivity contribution in [3.63, 3.8) is 0 Å². The van der Waals surface area contributed by atoms with Crippen molar-refractivity contribution in [1.29, 1.82) is 0 Å². The molecule has 1 aliphatic heterocycles. The van der Waals surface area contributed by atoms with Crippen LogP contribution in [0.1, 0.15) is 33.2 Å². The Labute approximate surface area is 197 Å². The van der Waals surface area contributed by atoms with Gasteiger partial charge in [0, 0.05) is 17.7 Å². The lowest BCUT2D eigenvalue weighted by atomic mass is 9.95. The average Bonchev–Trinajstić information content (AvgIpc) is 3.42. The number of nitrogens with one attached hydrogen (secondary N) is 1. The smallest absolute Gasteiger partial charge is 0.273 e. The largest absolute Gasteiger partial charge is 0.507 e. The summed E-state index contributed by atoms with van der Waals surface area (Å²) in [5, 5.41) is 17.8. The maximum absolute atomic E-state index is 13.5. The summed E-state index contributed by atoms with van der Waals surface area (Å²) in [5.74, 6) is 1.33. The second-order valence-electron chi connectivity index (χ2n) is 8.13. The van der Waals surface area contributed by atoms with Crippen LogP contribution in [0.3, 0.4) is 0 Å². The number of rotatable bonds is 7. The topological polar surface area (TPSA) is 87.7 Å². The first-order valence-electron chi connectivity index (χ1n) is 11.1. The van der Waals surface area contributed by atoms with Crippen molar-refractivity contribution in [2.24, 2.45) is 0 Å². The predicted molar refractivity (Wildman–Crippen MR) is 128 cm³/mol. The van der Waals surface area contributed by atoms with Crippen LogP contribution in [0.2, 0.25) is 0 Å². The van der Waals surface area contributed by atoms with E-state index in [4.69, 9.17) is 9.47 Å². The Morgan fingerprint density at radius 3 is 2.44 bits per heavy atom. The van der Waals surface area contributed by atoms with Gasteiger partial charge in [0.1, 0.15) is 17.1 Å². The molecular formula is C27H25N3O4. The van der Waals surface area contributed by atoms with Gasteiger partial charge in [-0.25, -0.2) is 0 Å². The summed E-state index contributed by atoms with van der Waals surface area (Å²) in [4.78, 5) is 15.4. The predicted octanol–water partition coefficient (Wildman–Crippen LogP) is 4.59. The van der Waals surface area contributed by atoms with E-state index >= 15 is 0 Å². The number of H-pyrrole nitrogens is 1. The molecule has 0 saturated heterocycles. The molecule has 0 radical (unpaired) electrons. The number of carbonyl (C=O) groups is 1. The first-order valence-corrected chi connectivity index (χ1v) is 11.1. The SMILES string of the molecule is COc1ccc(CCN2C(=O)c3[nH]nc(-c4ccccc4O)c3[C@@H]2c2ccccc2)cc1OC. The molecular weight excluding hydrogens is 430 g/mol. The molecule has 5 rings (SSSR count). The number of phenols is 1. The molecule has 3 aromatic carbocycles. The molecule has 2 heterocycles. The third-order valence-electron chi connectivity index (χ3n) is 6.23. The molecule has 172 valence electrons. The van der Waals surface area contributed by atoms with Crippen LogP contribution < -0.4 is 9.47 Å². The molecule has 0 saturated carbocycles. The summed E-state index contributed by atoms with van der Waals surface area (Å²) in [5.41, 5.74) is 4.44. The number of nitrogens with zero attached hydrogens (tertiary/aromatic N) is 2. The van der Waals surface area contributed by atoms with Crippen LogP contribution in [0.5, 0.6) is 17.2 Å². The van der Waals surface area contributed by atoms with Gasteiger partial charge < -0.3 is 19.5 Å². The van der Waals surface area contributed by atoms with Crippen molar-refractivity contribution in [3.8, 4) is 28.5 Å². The maximum atomic E-state index is 13.5. The molecule has 2 N–H and O–H groups in total. The number of aromatic nitrogens is 2. The summed E-state index contributed by atoms with van der Waals surface area (Å²) in [7, 11) is 3.21. The number of fused-ring (bicyclic) bond motifs is 1. The van der Waals surface area contributed by atoms with Gasteiger partial charge in [0.05, 0.1) is 20.3 Å². The number of carbonyl (C=O) groups excluding carboxylic acids is 1. The summed E-state index contributed by atoms with van der Waals surface area (Å²) in [6.45, 7) is 0.497. The maximum Gasteiger partial charge on any atom is 0.273 e. The van der Waals surface area contributed by atoms with E-state index in [1.807, 2.05) is 65.6 Å². The zero-order chi connectivity index (χ0) is 23.7. The van der Waals surface area contributed by atoms with Gasteiger partial charge in [-0.3, -0.25) is 9.89 Å². The molecule has 0 spiro atoms. The van der Waals surface area contributed by atoms with E-state index < -0.39 is 0 Å². The van der Waals surface area contributed by atoms with Gasteiger partial charge in [-0.1, -0.05) is 48.5 Å². The van der Waals surface area contributed by atoms with Crippen LogP contribution in [0.15, 0.2) is 72.8 Å². The number of hydrogen-bond donors (Lipinski definition) is 2. The van der Waals surface area contributed by atoms with E-state index in [2.05, 4.69) is 10.2 Å². The Morgan fingerprint density at radius 1 is 0.971 bits per heavy atom. The number of benzene rings is 3. The molecule has 0 aliphatic carbocycles. The van der Waals surface area contributed by atoms with Crippen LogP contribution in [0, 0.1) is 0 Å². The van der Waals surface area contributed by atoms with Crippen molar-refractivity contribution >= 4 is 5.91 Å². The van der Waals surface area contributed by atoms with E-state index in [1.54, 1.807) is 26.4 Å². The molecule has 7 nitrogen and oxygen atoms in total. The fourth-order valence-electron chi connectivity index (χ4n) is 4.57. The molecule has 4 aromatic rings. The summed E-state index contributed by atoms with van der Waals surface area (Å²) < 4.78 is 10.8. The van der Waals surface area contributed by atoms with E-state index in [1.165, 1.54) is 0 Å². The fourth-order valence-corrected chi connectivity index (χ4v) is 4.57. The Bertz CT molecular complexity index is 1330. The zero-order valence-electron chi connectivity index (χ0n) is 19.0. The highest BCUT2D eigenvalue weighted by Crippen LogP contribution is 2.44. The highest BCUT2D eigenvalue weighted by molar-refractivity contribution is 6.00. The van der Waals surface area contributed by atoms with Crippen molar-refractivity contribution < 1.29 is 19.4 Å². The minimum atomic E-state index is -0.322. The molecule has 1 aromatic heterocycles. The molecule has 0 fully saturated rings. The molecule has 0 bridgehead atoms. The lowest BCUT2D eigenvalue weighted by molar-refractivity contribution is 0.0746. The van der Waals surface area contributed by atoms with E-state index in [0.29, 0.717) is 41.4 Å². The van der Waals surface area contributed by atoms with Gasteiger partial charge in [-0.15, -0.1) is 0 Å². The first-order chi connectivity index (χ1) is 16.6. The third kappa shape index (κ3) is 3.65. The Kier molecular flexibility index (Phi) is 5.67. The Morgan fingerprint density at radius 2 is 1.71 bits per heavy atom. The third-order valence-corrected chi connectivity index (χ3v) is 6.23. The highest BCUT2D eigenvalue weighted by atomic mass is 16.5. The van der Waals surface area contributed by atoms with Gasteiger partial charge in [-0.2, -0.15) is 5.10 Å². The minimum absolute atomic E-state index is 0.112. The second kappa shape index (κ2) is 8.94. The molecule has 7 heteroatoms. The number of aromatic amines is 1. The molecule has 0 unspecified atom stereocenters. The normalized spacial score (nSPS) is 14.8. The highest BCUT2D eigenvalue weighted by Gasteiger charge is 2.42. The standard InChI is InChI=1S/C27H25N3O4/c1-33-21-13-12-17(16-22(21)34-2)14-15-30-26(18-8-4-3-5-9-18)23-24(28-29-25(23)27(30)32)19-10-6-7-11-20(19)31/h3-13,16,26,31H,14-15H2,1-2H3,(H,28,29)/t26-/m0/s1. The lowest BCUT2D eigenvalue weighted by Gasteiger charge is -2.26. The van der Waals surface area contributed by atoms with Crippen LogP contribution in [0.4, 0.5) is 0 Å². The van der Waals surface area contributed by atoms with Crippen LogP contribution >= 0.6 is 0 Å². The van der Waals surface area contributed by atoms with Crippen molar-refractivity contribution in [1.82, 2.24) is 15.1 Å². The van der Waals surface area contributed by atoms with Crippen LogP contribution in [-0.2, 0) is 6.42 Å². The molecule has 1 aliphatic rings. The fraction of sp³-hybridized carbons (Fsp3) is 0.185. The van der Waals surface area contributed by atoms with Gasteiger partial charge in [-0.05, 0) is 41.8 Å². The monoisotopic (exact) mass is 455 g/mol. The number of ether oxygens (including phenoxy) is 2. The van der Waals surface area contributed by atoms with Crippen molar-refractivity contribution in [3.05, 3.63) is 95.2 Å². The van der Waals surface area contributed by atoms with E-state index in [0.717, 1.165) is 16.7 Å². The number of amides is 1. The van der Waals surface area contributed by atoms with Gasteiger partial charge in [0.15, 0.2) is 11.5 Å². The lowest BCUT2D eigenvalue weighted by Crippen LogP contribution is -2.31. The van der Waals surface area contributed by atoms with Crippen molar-refractivity contribution in [2.45, 2.75) is 12.5 Å². The quantitative estimate of drug-likeness (QED) is 0.426. The molecule has 1 amide bonds. The Hall–Kier alpha value is -4.26. The average molecular weight is 456 g/mol. The number of para-hydroxylation sites is 1. The van der Waals surface area contributed by atoms with Gasteiger partial charge in [0.25, 0.3) is 5.91 Å². The zero-order valence-corrected chi connectivity index (χ0v) is 19.0. The van der Waals surface area contributed by atoms with Gasteiger partial charge >= 0.3 is 0 Å². The summed E-state index contributed by atoms with van der Waals surface area (Å²) in [6.07, 6.45) is 0.638. The number of aromatic hydroxyl groups is 1.